The summed E-state index contributed by atoms with van der Waals surface area (Å²) in [4.78, 5) is 4.53. The lowest BCUT2D eigenvalue weighted by Crippen LogP contribution is -2.25. The molecule has 0 spiro atoms. The molecule has 0 radical (unpaired) electrons. The highest BCUT2D eigenvalue weighted by atomic mass is 35.5. The molecule has 4 nitrogen and oxygen atoms in total. The molecule has 2 aromatic rings. The van der Waals surface area contributed by atoms with Crippen LogP contribution in [-0.4, -0.2) is 28.8 Å². The van der Waals surface area contributed by atoms with Gasteiger partial charge in [-0.25, -0.2) is 17.7 Å². The molecule has 0 saturated heterocycles. The Hall–Kier alpha value is -1.87. The number of methoxy groups -OCH3 is 1. The molecule has 0 amide bonds. The molecule has 9 heteroatoms. The van der Waals surface area contributed by atoms with Crippen molar-refractivity contribution in [3.05, 3.63) is 69.9 Å². The second-order valence-corrected chi connectivity index (χ2v) is 13.1. The Labute approximate surface area is 230 Å². The molecule has 1 unspecified atom stereocenters. The molecular weight excluding hydrogens is 534 g/mol. The maximum atomic E-state index is 14.8. The Kier molecular flexibility index (Phi) is 11.7. The van der Waals surface area contributed by atoms with Crippen LogP contribution < -0.4 is 9.46 Å². The predicted octanol–water partition coefficient (Wildman–Crippen LogP) is 7.93. The topological polar surface area (TPSA) is 50.7 Å². The lowest BCUT2D eigenvalue weighted by atomic mass is 9.78. The van der Waals surface area contributed by atoms with Gasteiger partial charge in [0.1, 0.15) is 17.4 Å². The lowest BCUT2D eigenvalue weighted by Gasteiger charge is -2.27. The van der Waals surface area contributed by atoms with Crippen molar-refractivity contribution in [2.45, 2.75) is 69.9 Å². The maximum absolute atomic E-state index is 14.8. The van der Waals surface area contributed by atoms with Crippen LogP contribution in [0.15, 0.2) is 52.0 Å². The molecule has 1 atom stereocenters. The van der Waals surface area contributed by atoms with E-state index in [0.29, 0.717) is 22.4 Å². The average Bonchev–Trinajstić information content (AvgIpc) is 2.84. The van der Waals surface area contributed by atoms with Gasteiger partial charge in [0.15, 0.2) is 0 Å². The number of rotatable bonds is 12. The van der Waals surface area contributed by atoms with E-state index in [1.165, 1.54) is 11.8 Å². The Morgan fingerprint density at radius 3 is 2.46 bits per heavy atom. The fourth-order valence-electron chi connectivity index (χ4n) is 3.44. The predicted molar refractivity (Wildman–Crippen MR) is 157 cm³/mol. The van der Waals surface area contributed by atoms with Gasteiger partial charge in [-0.05, 0) is 61.5 Å². The highest BCUT2D eigenvalue weighted by Gasteiger charge is 2.24. The van der Waals surface area contributed by atoms with E-state index in [2.05, 4.69) is 36.4 Å². The highest BCUT2D eigenvalue weighted by Crippen LogP contribution is 2.36. The SMILES string of the molecule is C=S(=O)(NCCCCC)c1cc(F)c(CSC(C)=N/C=C(\C)C(C)(C)c2ccc(Cl)c(OC)c2)c(F)c1. The monoisotopic (exact) mass is 570 g/mol. The summed E-state index contributed by atoms with van der Waals surface area (Å²) in [6.07, 6.45) is 4.58. The summed E-state index contributed by atoms with van der Waals surface area (Å²) < 4.78 is 50.5. The Morgan fingerprint density at radius 1 is 1.22 bits per heavy atom. The molecule has 0 aliphatic carbocycles. The first-order valence-corrected chi connectivity index (χ1v) is 15.2. The van der Waals surface area contributed by atoms with E-state index in [0.717, 1.165) is 42.5 Å². The number of aliphatic imine (C=N–C) groups is 1. The van der Waals surface area contributed by atoms with Crippen LogP contribution in [0.3, 0.4) is 0 Å². The molecule has 0 aliphatic rings. The summed E-state index contributed by atoms with van der Waals surface area (Å²) in [6.45, 7) is 10.5. The largest absolute Gasteiger partial charge is 0.495 e. The summed E-state index contributed by atoms with van der Waals surface area (Å²) in [7, 11) is -1.40. The second kappa shape index (κ2) is 13.8. The molecule has 0 heterocycles. The summed E-state index contributed by atoms with van der Waals surface area (Å²) in [5.41, 5.74) is 1.59. The molecule has 0 fully saturated rings. The van der Waals surface area contributed by atoms with Gasteiger partial charge in [-0.3, -0.25) is 4.99 Å². The quantitative estimate of drug-likeness (QED) is 0.122. The molecule has 204 valence electrons. The standard InChI is InChI=1S/C28H37ClF2N2O2S2/c1-8-9-10-13-33-37(7,34)22-15-25(30)23(26(31)16-22)18-36-20(3)32-17-19(2)28(4,5)21-11-12-24(29)27(14-21)35-6/h11-12,14-17H,7-10,13,18H2,1-6H3,(H,33,34)/b19-17+,32-20?. The van der Waals surface area contributed by atoms with Crippen molar-refractivity contribution < 1.29 is 17.7 Å². The van der Waals surface area contributed by atoms with Crippen LogP contribution in [0.2, 0.25) is 5.02 Å². The van der Waals surface area contributed by atoms with E-state index in [4.69, 9.17) is 16.3 Å². The minimum Gasteiger partial charge on any atom is -0.495 e. The van der Waals surface area contributed by atoms with Crippen LogP contribution in [-0.2, 0) is 20.9 Å². The smallest absolute Gasteiger partial charge is 0.137 e. The minimum absolute atomic E-state index is 0.0257. The van der Waals surface area contributed by atoms with Crippen LogP contribution in [0.25, 0.3) is 0 Å². The third-order valence-corrected chi connectivity index (χ3v) is 9.27. The summed E-state index contributed by atoms with van der Waals surface area (Å²) in [6, 6.07) is 7.89. The van der Waals surface area contributed by atoms with Gasteiger partial charge in [-0.2, -0.15) is 0 Å². The van der Waals surface area contributed by atoms with Gasteiger partial charge >= 0.3 is 0 Å². The number of hydrogen-bond acceptors (Lipinski definition) is 4. The number of nitrogens with zero attached hydrogens (tertiary/aromatic N) is 1. The number of benzene rings is 2. The van der Waals surface area contributed by atoms with E-state index >= 15 is 0 Å². The van der Waals surface area contributed by atoms with Gasteiger partial charge in [0.25, 0.3) is 0 Å². The first-order valence-electron chi connectivity index (χ1n) is 12.1. The molecule has 0 bridgehead atoms. The zero-order valence-corrected chi connectivity index (χ0v) is 24.8. The van der Waals surface area contributed by atoms with Gasteiger partial charge in [0.2, 0.25) is 0 Å². The van der Waals surface area contributed by atoms with Crippen LogP contribution in [0.1, 0.15) is 65.0 Å². The van der Waals surface area contributed by atoms with Crippen molar-refractivity contribution in [3.8, 4) is 5.75 Å². The van der Waals surface area contributed by atoms with E-state index < -0.39 is 21.3 Å². The number of hydrogen-bond donors (Lipinski definition) is 1. The summed E-state index contributed by atoms with van der Waals surface area (Å²) >= 11 is 7.39. The Morgan fingerprint density at radius 2 is 1.86 bits per heavy atom. The van der Waals surface area contributed by atoms with Crippen molar-refractivity contribution in [1.29, 1.82) is 0 Å². The van der Waals surface area contributed by atoms with Crippen LogP contribution in [0, 0.1) is 11.6 Å². The average molecular weight is 571 g/mol. The molecule has 2 aromatic carbocycles. The number of nitrogens with one attached hydrogen (secondary N) is 1. The summed E-state index contributed by atoms with van der Waals surface area (Å²) in [5, 5.41) is 1.20. The fourth-order valence-corrected chi connectivity index (χ4v) is 5.62. The van der Waals surface area contributed by atoms with Crippen molar-refractivity contribution >= 4 is 44.0 Å². The summed E-state index contributed by atoms with van der Waals surface area (Å²) in [5.74, 6) is 2.83. The fraction of sp³-hybridized carbons (Fsp3) is 0.429. The van der Waals surface area contributed by atoms with E-state index in [9.17, 15) is 13.0 Å². The van der Waals surface area contributed by atoms with Gasteiger partial charge < -0.3 is 4.74 Å². The van der Waals surface area contributed by atoms with Crippen LogP contribution >= 0.6 is 23.4 Å². The third-order valence-electron chi connectivity index (χ3n) is 6.33. The van der Waals surface area contributed by atoms with E-state index in [1.807, 2.05) is 19.1 Å². The van der Waals surface area contributed by atoms with Gasteiger partial charge in [0.05, 0.1) is 31.8 Å². The number of ether oxygens (including phenoxy) is 1. The third kappa shape index (κ3) is 8.57. The minimum atomic E-state index is -2.98. The van der Waals surface area contributed by atoms with Gasteiger partial charge in [0, 0.05) is 29.5 Å². The maximum Gasteiger partial charge on any atom is 0.137 e. The number of allylic oxidation sites excluding steroid dienone is 1. The molecule has 37 heavy (non-hydrogen) atoms. The van der Waals surface area contributed by atoms with Crippen LogP contribution in [0.4, 0.5) is 8.78 Å². The van der Waals surface area contributed by atoms with E-state index in [-0.39, 0.29) is 21.6 Å². The molecule has 1 N–H and O–H groups in total. The number of halogens is 3. The normalized spacial score (nSPS) is 14.5. The van der Waals surface area contributed by atoms with Crippen molar-refractivity contribution in [2.24, 2.45) is 4.99 Å². The second-order valence-electron chi connectivity index (χ2n) is 9.37. The Bertz CT molecular complexity index is 1240. The van der Waals surface area contributed by atoms with Crippen molar-refractivity contribution in [1.82, 2.24) is 4.72 Å². The van der Waals surface area contributed by atoms with Crippen molar-refractivity contribution in [2.75, 3.05) is 13.7 Å². The first kappa shape index (κ1) is 31.3. The highest BCUT2D eigenvalue weighted by molar-refractivity contribution is 8.13. The van der Waals surface area contributed by atoms with Gasteiger partial charge in [-0.15, -0.1) is 11.8 Å². The Balaban J connectivity index is 2.12. The molecule has 0 aliphatic heterocycles. The first-order chi connectivity index (χ1) is 17.3. The molecule has 2 rings (SSSR count). The van der Waals surface area contributed by atoms with E-state index in [1.54, 1.807) is 26.3 Å². The zero-order valence-electron chi connectivity index (χ0n) is 22.4. The molecular formula is C28H37ClF2N2O2S2. The number of unbranched alkanes of at least 4 members (excludes halogenated alkanes) is 2. The number of thioether (sulfide) groups is 1. The molecule has 0 saturated carbocycles. The zero-order chi connectivity index (χ0) is 27.8. The molecule has 0 aromatic heterocycles. The lowest BCUT2D eigenvalue weighted by molar-refractivity contribution is 0.413. The van der Waals surface area contributed by atoms with Crippen molar-refractivity contribution in [3.63, 3.8) is 0 Å². The van der Waals surface area contributed by atoms with Gasteiger partial charge in [-0.1, -0.05) is 51.3 Å². The van der Waals surface area contributed by atoms with Crippen LogP contribution in [0.5, 0.6) is 5.75 Å².